The fraction of sp³-hybridized carbons (Fsp3) is 0.588. The van der Waals surface area contributed by atoms with Crippen LogP contribution in [0.25, 0.3) is 0 Å². The van der Waals surface area contributed by atoms with Crippen molar-refractivity contribution in [1.82, 2.24) is 30.1 Å². The van der Waals surface area contributed by atoms with Crippen molar-refractivity contribution in [3.05, 3.63) is 35.4 Å². The van der Waals surface area contributed by atoms with E-state index in [2.05, 4.69) is 20.5 Å². The molecule has 1 fully saturated rings. The van der Waals surface area contributed by atoms with Gasteiger partial charge in [0.25, 0.3) is 5.91 Å². The van der Waals surface area contributed by atoms with Gasteiger partial charge in [-0.15, -0.1) is 5.10 Å². The summed E-state index contributed by atoms with van der Waals surface area (Å²) in [6.07, 6.45) is 6.28. The second-order valence-electron chi connectivity index (χ2n) is 6.61. The SMILES string of the molecule is CCn1nnc2c1CCN(C(=O)c1ccnnc1)[C@H]2COCC1CC1. The number of ether oxygens (including phenoxy) is 1. The van der Waals surface area contributed by atoms with E-state index < -0.39 is 0 Å². The fourth-order valence-corrected chi connectivity index (χ4v) is 3.27. The summed E-state index contributed by atoms with van der Waals surface area (Å²) in [6, 6.07) is 1.49. The van der Waals surface area contributed by atoms with Gasteiger partial charge in [0.05, 0.1) is 30.3 Å². The van der Waals surface area contributed by atoms with Gasteiger partial charge in [0, 0.05) is 26.1 Å². The zero-order valence-electron chi connectivity index (χ0n) is 14.3. The molecule has 1 saturated carbocycles. The van der Waals surface area contributed by atoms with Crippen LogP contribution >= 0.6 is 0 Å². The molecule has 0 unspecified atom stereocenters. The van der Waals surface area contributed by atoms with E-state index in [0.717, 1.165) is 31.0 Å². The van der Waals surface area contributed by atoms with Crippen LogP contribution in [-0.4, -0.2) is 55.8 Å². The maximum absolute atomic E-state index is 13.0. The zero-order valence-corrected chi connectivity index (χ0v) is 14.3. The zero-order chi connectivity index (χ0) is 17.2. The van der Waals surface area contributed by atoms with Gasteiger partial charge >= 0.3 is 0 Å². The summed E-state index contributed by atoms with van der Waals surface area (Å²) < 4.78 is 7.83. The van der Waals surface area contributed by atoms with Crippen molar-refractivity contribution in [3.8, 4) is 0 Å². The second-order valence-corrected chi connectivity index (χ2v) is 6.61. The van der Waals surface area contributed by atoms with Crippen molar-refractivity contribution in [2.24, 2.45) is 5.92 Å². The average Bonchev–Trinajstić information content (AvgIpc) is 3.38. The lowest BCUT2D eigenvalue weighted by atomic mass is 10.0. The number of aryl methyl sites for hydroxylation is 1. The van der Waals surface area contributed by atoms with Gasteiger partial charge in [-0.1, -0.05) is 5.21 Å². The maximum Gasteiger partial charge on any atom is 0.256 e. The minimum absolute atomic E-state index is 0.0633. The van der Waals surface area contributed by atoms with Crippen LogP contribution in [0.3, 0.4) is 0 Å². The predicted octanol–water partition coefficient (Wildman–Crippen LogP) is 1.25. The van der Waals surface area contributed by atoms with Crippen molar-refractivity contribution in [3.63, 3.8) is 0 Å². The van der Waals surface area contributed by atoms with Crippen molar-refractivity contribution in [2.75, 3.05) is 19.8 Å². The normalized spacial score (nSPS) is 19.7. The van der Waals surface area contributed by atoms with Crippen molar-refractivity contribution in [2.45, 2.75) is 38.8 Å². The highest BCUT2D eigenvalue weighted by molar-refractivity contribution is 5.94. The van der Waals surface area contributed by atoms with Gasteiger partial charge in [0.15, 0.2) is 0 Å². The Morgan fingerprint density at radius 1 is 1.32 bits per heavy atom. The van der Waals surface area contributed by atoms with Crippen LogP contribution in [0.5, 0.6) is 0 Å². The van der Waals surface area contributed by atoms with Gasteiger partial charge in [-0.05, 0) is 31.7 Å². The van der Waals surface area contributed by atoms with Gasteiger partial charge in [-0.25, -0.2) is 4.68 Å². The lowest BCUT2D eigenvalue weighted by Gasteiger charge is -2.34. The Hall–Kier alpha value is -2.35. The first-order valence-electron chi connectivity index (χ1n) is 8.85. The Morgan fingerprint density at radius 2 is 2.20 bits per heavy atom. The third-order valence-corrected chi connectivity index (χ3v) is 4.87. The Labute approximate surface area is 146 Å². The molecule has 25 heavy (non-hydrogen) atoms. The van der Waals surface area contributed by atoms with Gasteiger partial charge in [-0.2, -0.15) is 10.2 Å². The number of fused-ring (bicyclic) bond motifs is 1. The van der Waals surface area contributed by atoms with E-state index in [-0.39, 0.29) is 11.9 Å². The van der Waals surface area contributed by atoms with Gasteiger partial charge < -0.3 is 9.64 Å². The molecule has 2 aromatic heterocycles. The van der Waals surface area contributed by atoms with Crippen LogP contribution in [0, 0.1) is 5.92 Å². The summed E-state index contributed by atoms with van der Waals surface area (Å²) in [6.45, 7) is 4.66. The highest BCUT2D eigenvalue weighted by Gasteiger charge is 2.36. The first-order valence-corrected chi connectivity index (χ1v) is 8.85. The van der Waals surface area contributed by atoms with Crippen LogP contribution in [0.2, 0.25) is 0 Å². The fourth-order valence-electron chi connectivity index (χ4n) is 3.27. The van der Waals surface area contributed by atoms with Crippen molar-refractivity contribution in [1.29, 1.82) is 0 Å². The minimum Gasteiger partial charge on any atom is -0.379 e. The van der Waals surface area contributed by atoms with E-state index >= 15 is 0 Å². The summed E-state index contributed by atoms with van der Waals surface area (Å²) in [5.74, 6) is 0.620. The molecule has 8 nitrogen and oxygen atoms in total. The van der Waals surface area contributed by atoms with E-state index in [1.807, 2.05) is 16.5 Å². The monoisotopic (exact) mass is 342 g/mol. The number of hydrogen-bond acceptors (Lipinski definition) is 6. The topological polar surface area (TPSA) is 86.0 Å². The molecule has 0 radical (unpaired) electrons. The van der Waals surface area contributed by atoms with E-state index in [9.17, 15) is 4.79 Å². The molecule has 132 valence electrons. The minimum atomic E-state index is -0.205. The lowest BCUT2D eigenvalue weighted by molar-refractivity contribution is 0.0354. The molecule has 2 aliphatic rings. The number of amides is 1. The number of carbonyl (C=O) groups excluding carboxylic acids is 1. The molecule has 1 aliphatic heterocycles. The maximum atomic E-state index is 13.0. The molecule has 8 heteroatoms. The quantitative estimate of drug-likeness (QED) is 0.785. The Balaban J connectivity index is 1.58. The molecule has 1 atom stereocenters. The molecule has 3 heterocycles. The molecule has 0 saturated heterocycles. The number of hydrogen-bond donors (Lipinski definition) is 0. The second kappa shape index (κ2) is 6.87. The molecule has 0 bridgehead atoms. The molecule has 0 spiro atoms. The Morgan fingerprint density at radius 3 is 2.92 bits per heavy atom. The van der Waals surface area contributed by atoms with E-state index in [0.29, 0.717) is 24.6 Å². The molecule has 0 aromatic carbocycles. The third kappa shape index (κ3) is 3.26. The van der Waals surface area contributed by atoms with Crippen LogP contribution in [0.4, 0.5) is 0 Å². The predicted molar refractivity (Wildman–Crippen MR) is 88.8 cm³/mol. The smallest absolute Gasteiger partial charge is 0.256 e. The first-order chi connectivity index (χ1) is 12.3. The lowest BCUT2D eigenvalue weighted by Crippen LogP contribution is -2.42. The van der Waals surface area contributed by atoms with Crippen LogP contribution in [0.1, 0.15) is 47.6 Å². The summed E-state index contributed by atoms with van der Waals surface area (Å²) in [4.78, 5) is 14.8. The van der Waals surface area contributed by atoms with Gasteiger partial charge in [0.2, 0.25) is 0 Å². The summed E-state index contributed by atoms with van der Waals surface area (Å²) in [7, 11) is 0. The van der Waals surface area contributed by atoms with Crippen molar-refractivity contribution < 1.29 is 9.53 Å². The first kappa shape index (κ1) is 16.1. The molecule has 0 N–H and O–H groups in total. The van der Waals surface area contributed by atoms with E-state index in [1.165, 1.54) is 25.2 Å². The molecule has 1 amide bonds. The Kier molecular flexibility index (Phi) is 4.44. The molecular weight excluding hydrogens is 320 g/mol. The molecule has 2 aromatic rings. The average molecular weight is 342 g/mol. The van der Waals surface area contributed by atoms with Gasteiger partial charge in [0.1, 0.15) is 11.7 Å². The number of nitrogens with zero attached hydrogens (tertiary/aromatic N) is 6. The highest BCUT2D eigenvalue weighted by atomic mass is 16.5. The summed E-state index contributed by atoms with van der Waals surface area (Å²) in [5, 5.41) is 16.2. The van der Waals surface area contributed by atoms with Gasteiger partial charge in [-0.3, -0.25) is 4.79 Å². The van der Waals surface area contributed by atoms with E-state index in [1.54, 1.807) is 6.07 Å². The number of carbonyl (C=O) groups is 1. The van der Waals surface area contributed by atoms with E-state index in [4.69, 9.17) is 4.74 Å². The van der Waals surface area contributed by atoms with Crippen LogP contribution in [0.15, 0.2) is 18.5 Å². The van der Waals surface area contributed by atoms with Crippen molar-refractivity contribution >= 4 is 5.91 Å². The molecular formula is C17H22N6O2. The standard InChI is InChI=1S/C17H22N6O2/c1-2-23-14-6-8-22(17(24)13-5-7-18-19-9-13)15(16(14)20-21-23)11-25-10-12-3-4-12/h5,7,9,12,15H,2-4,6,8,10-11H2,1H3/t15-/m0/s1. The summed E-state index contributed by atoms with van der Waals surface area (Å²) in [5.41, 5.74) is 2.51. The third-order valence-electron chi connectivity index (χ3n) is 4.87. The number of aromatic nitrogens is 5. The van der Waals surface area contributed by atoms with Crippen LogP contribution in [-0.2, 0) is 17.7 Å². The highest BCUT2D eigenvalue weighted by Crippen LogP contribution is 2.32. The summed E-state index contributed by atoms with van der Waals surface area (Å²) >= 11 is 0. The molecule has 4 rings (SSSR count). The number of rotatable bonds is 6. The van der Waals surface area contributed by atoms with Crippen LogP contribution < -0.4 is 0 Å². The Bertz CT molecular complexity index is 743. The largest absolute Gasteiger partial charge is 0.379 e. The molecule has 1 aliphatic carbocycles.